The van der Waals surface area contributed by atoms with Crippen molar-refractivity contribution < 1.29 is 10.2 Å². The summed E-state index contributed by atoms with van der Waals surface area (Å²) in [6.07, 6.45) is 0. The van der Waals surface area contributed by atoms with Gasteiger partial charge in [-0.15, -0.1) is 11.3 Å². The van der Waals surface area contributed by atoms with Crippen molar-refractivity contribution in [3.63, 3.8) is 0 Å². The van der Waals surface area contributed by atoms with E-state index >= 15 is 0 Å². The molecule has 0 amide bonds. The highest BCUT2D eigenvalue weighted by Gasteiger charge is 2.07. The minimum atomic E-state index is 0.0499. The number of rotatable bonds is 1. The molecule has 72 valence electrons. The van der Waals surface area contributed by atoms with E-state index in [4.69, 9.17) is 16.7 Å². The van der Waals surface area contributed by atoms with Gasteiger partial charge in [0.15, 0.2) is 0 Å². The molecule has 0 unspecified atom stereocenters. The third kappa shape index (κ3) is 1.69. The quantitative estimate of drug-likeness (QED) is 0.782. The molecule has 0 spiro atoms. The highest BCUT2D eigenvalue weighted by atomic mass is 35.5. The molecule has 0 aliphatic rings. The van der Waals surface area contributed by atoms with Crippen LogP contribution in [0.1, 0.15) is 0 Å². The Labute approximate surface area is 90.0 Å². The van der Waals surface area contributed by atoms with Gasteiger partial charge in [-0.2, -0.15) is 0 Å². The van der Waals surface area contributed by atoms with Gasteiger partial charge in [-0.1, -0.05) is 11.6 Å². The van der Waals surface area contributed by atoms with Gasteiger partial charge in [0.25, 0.3) is 0 Å². The number of phenolic OH excluding ortho intramolecular Hbond substituents is 2. The molecule has 2 rings (SSSR count). The molecule has 0 bridgehead atoms. The van der Waals surface area contributed by atoms with Gasteiger partial charge in [-0.05, 0) is 18.2 Å². The van der Waals surface area contributed by atoms with E-state index in [2.05, 4.69) is 0 Å². The molecule has 1 aromatic carbocycles. The van der Waals surface area contributed by atoms with Crippen molar-refractivity contribution >= 4 is 22.9 Å². The van der Waals surface area contributed by atoms with E-state index < -0.39 is 0 Å². The maximum absolute atomic E-state index is 9.56. The molecule has 0 saturated heterocycles. The summed E-state index contributed by atoms with van der Waals surface area (Å²) in [6, 6.07) is 6.27. The summed E-state index contributed by atoms with van der Waals surface area (Å²) < 4.78 is 0. The predicted octanol–water partition coefficient (Wildman–Crippen LogP) is 3.48. The third-order valence-electron chi connectivity index (χ3n) is 1.81. The number of phenols is 2. The molecule has 2 N–H and O–H groups in total. The van der Waals surface area contributed by atoms with Gasteiger partial charge in [-0.25, -0.2) is 0 Å². The second kappa shape index (κ2) is 3.52. The SMILES string of the molecule is Oc1ccc(-c2cc(Cl)cs2)c(O)c1. The number of halogens is 1. The maximum atomic E-state index is 9.56. The molecule has 2 aromatic rings. The third-order valence-corrected chi connectivity index (χ3v) is 3.13. The lowest BCUT2D eigenvalue weighted by atomic mass is 10.1. The van der Waals surface area contributed by atoms with Crippen LogP contribution in [0.4, 0.5) is 0 Å². The minimum Gasteiger partial charge on any atom is -0.508 e. The first-order valence-corrected chi connectivity index (χ1v) is 5.19. The Morgan fingerprint density at radius 3 is 2.50 bits per heavy atom. The second-order valence-electron chi connectivity index (χ2n) is 2.83. The predicted molar refractivity (Wildman–Crippen MR) is 58.1 cm³/mol. The smallest absolute Gasteiger partial charge is 0.127 e. The Morgan fingerprint density at radius 1 is 1.14 bits per heavy atom. The molecular weight excluding hydrogens is 220 g/mol. The summed E-state index contributed by atoms with van der Waals surface area (Å²) in [5.74, 6) is 0.109. The van der Waals surface area contributed by atoms with Crippen LogP contribution < -0.4 is 0 Å². The lowest BCUT2D eigenvalue weighted by molar-refractivity contribution is 0.452. The van der Waals surface area contributed by atoms with E-state index in [0.717, 1.165) is 4.88 Å². The maximum Gasteiger partial charge on any atom is 0.127 e. The van der Waals surface area contributed by atoms with E-state index in [9.17, 15) is 5.11 Å². The number of benzene rings is 1. The Morgan fingerprint density at radius 2 is 1.93 bits per heavy atom. The molecule has 0 aliphatic carbocycles. The van der Waals surface area contributed by atoms with Gasteiger partial charge in [0, 0.05) is 21.9 Å². The van der Waals surface area contributed by atoms with Crippen molar-refractivity contribution in [3.05, 3.63) is 34.7 Å². The molecule has 1 heterocycles. The van der Waals surface area contributed by atoms with Crippen LogP contribution in [0, 0.1) is 0 Å². The molecule has 0 radical (unpaired) electrons. The highest BCUT2D eigenvalue weighted by Crippen LogP contribution is 2.36. The minimum absolute atomic E-state index is 0.0499. The van der Waals surface area contributed by atoms with Crippen molar-refractivity contribution in [2.75, 3.05) is 0 Å². The normalized spacial score (nSPS) is 10.4. The van der Waals surface area contributed by atoms with Crippen molar-refractivity contribution in [2.45, 2.75) is 0 Å². The Balaban J connectivity index is 2.52. The van der Waals surface area contributed by atoms with E-state index in [-0.39, 0.29) is 11.5 Å². The first-order chi connectivity index (χ1) is 6.66. The Hall–Kier alpha value is -1.19. The zero-order valence-electron chi connectivity index (χ0n) is 7.07. The molecular formula is C10H7ClO2S. The average Bonchev–Trinajstić information content (AvgIpc) is 2.51. The van der Waals surface area contributed by atoms with Gasteiger partial charge in [0.1, 0.15) is 11.5 Å². The number of hydrogen-bond acceptors (Lipinski definition) is 3. The topological polar surface area (TPSA) is 40.5 Å². The first-order valence-electron chi connectivity index (χ1n) is 3.93. The summed E-state index contributed by atoms with van der Waals surface area (Å²) >= 11 is 7.22. The average molecular weight is 227 g/mol. The molecule has 1 aromatic heterocycles. The second-order valence-corrected chi connectivity index (χ2v) is 4.18. The Kier molecular flexibility index (Phi) is 2.35. The fraction of sp³-hybridized carbons (Fsp3) is 0. The fourth-order valence-corrected chi connectivity index (χ4v) is 2.29. The Bertz CT molecular complexity index is 465. The first kappa shape index (κ1) is 9.37. The van der Waals surface area contributed by atoms with Crippen LogP contribution in [-0.2, 0) is 0 Å². The lowest BCUT2D eigenvalue weighted by Crippen LogP contribution is -1.73. The molecule has 0 fully saturated rings. The van der Waals surface area contributed by atoms with E-state index in [0.29, 0.717) is 10.6 Å². The number of aromatic hydroxyl groups is 2. The van der Waals surface area contributed by atoms with E-state index in [1.807, 2.05) is 0 Å². The van der Waals surface area contributed by atoms with Gasteiger partial charge in [0.05, 0.1) is 5.02 Å². The summed E-state index contributed by atoms with van der Waals surface area (Å²) in [5, 5.41) is 21.1. The van der Waals surface area contributed by atoms with Crippen LogP contribution in [0.3, 0.4) is 0 Å². The standard InChI is InChI=1S/C10H7ClO2S/c11-6-3-10(14-5-6)8-2-1-7(12)4-9(8)13/h1-5,12-13H. The summed E-state index contributed by atoms with van der Waals surface area (Å²) in [7, 11) is 0. The van der Waals surface area contributed by atoms with Crippen LogP contribution in [0.5, 0.6) is 11.5 Å². The van der Waals surface area contributed by atoms with Gasteiger partial charge < -0.3 is 10.2 Å². The van der Waals surface area contributed by atoms with E-state index in [1.165, 1.54) is 23.5 Å². The molecule has 0 aliphatic heterocycles. The largest absolute Gasteiger partial charge is 0.508 e. The molecule has 4 heteroatoms. The van der Waals surface area contributed by atoms with Gasteiger partial charge in [-0.3, -0.25) is 0 Å². The fourth-order valence-electron chi connectivity index (χ4n) is 1.18. The number of hydrogen-bond donors (Lipinski definition) is 2. The van der Waals surface area contributed by atoms with Crippen molar-refractivity contribution in [1.29, 1.82) is 0 Å². The molecule has 14 heavy (non-hydrogen) atoms. The summed E-state index contributed by atoms with van der Waals surface area (Å²) in [5.41, 5.74) is 0.680. The monoisotopic (exact) mass is 226 g/mol. The van der Waals surface area contributed by atoms with E-state index in [1.54, 1.807) is 17.5 Å². The lowest BCUT2D eigenvalue weighted by Gasteiger charge is -2.01. The van der Waals surface area contributed by atoms with Crippen molar-refractivity contribution in [1.82, 2.24) is 0 Å². The summed E-state index contributed by atoms with van der Waals surface area (Å²) in [4.78, 5) is 0.882. The van der Waals surface area contributed by atoms with Crippen LogP contribution in [0.2, 0.25) is 5.02 Å². The van der Waals surface area contributed by atoms with Crippen LogP contribution in [0.15, 0.2) is 29.6 Å². The molecule has 0 saturated carbocycles. The van der Waals surface area contributed by atoms with Crippen molar-refractivity contribution in [3.8, 4) is 21.9 Å². The van der Waals surface area contributed by atoms with Gasteiger partial charge in [0.2, 0.25) is 0 Å². The van der Waals surface area contributed by atoms with Crippen LogP contribution in [-0.4, -0.2) is 10.2 Å². The highest BCUT2D eigenvalue weighted by molar-refractivity contribution is 7.14. The van der Waals surface area contributed by atoms with Crippen LogP contribution >= 0.6 is 22.9 Å². The zero-order chi connectivity index (χ0) is 10.1. The molecule has 0 atom stereocenters. The molecule has 2 nitrogen and oxygen atoms in total. The van der Waals surface area contributed by atoms with Gasteiger partial charge >= 0.3 is 0 Å². The number of thiophene rings is 1. The zero-order valence-corrected chi connectivity index (χ0v) is 8.64. The van der Waals surface area contributed by atoms with Crippen molar-refractivity contribution in [2.24, 2.45) is 0 Å². The van der Waals surface area contributed by atoms with Crippen LogP contribution in [0.25, 0.3) is 10.4 Å². The summed E-state index contributed by atoms with van der Waals surface area (Å²) in [6.45, 7) is 0.